The SMILES string of the molecule is CCCCN1c2ccccc2B2c3ccccc3Sc3cccc1c32. The zero-order valence-electron chi connectivity index (χ0n) is 14.4. The predicted octanol–water partition coefficient (Wildman–Crippen LogP) is 3.92. The largest absolute Gasteiger partial charge is 0.342 e. The summed E-state index contributed by atoms with van der Waals surface area (Å²) in [5.41, 5.74) is 7.19. The summed E-state index contributed by atoms with van der Waals surface area (Å²) in [6.07, 6.45) is 2.43. The van der Waals surface area contributed by atoms with Gasteiger partial charge in [-0.25, -0.2) is 0 Å². The van der Waals surface area contributed by atoms with Crippen molar-refractivity contribution >= 4 is 46.2 Å². The van der Waals surface area contributed by atoms with Crippen molar-refractivity contribution in [2.75, 3.05) is 11.4 Å². The van der Waals surface area contributed by atoms with Gasteiger partial charge in [-0.05, 0) is 41.6 Å². The molecule has 0 saturated heterocycles. The Morgan fingerprint density at radius 1 is 0.800 bits per heavy atom. The van der Waals surface area contributed by atoms with Crippen molar-refractivity contribution in [3.05, 3.63) is 66.7 Å². The number of para-hydroxylation sites is 1. The highest BCUT2D eigenvalue weighted by Gasteiger charge is 2.39. The first kappa shape index (κ1) is 15.2. The van der Waals surface area contributed by atoms with Gasteiger partial charge in [-0.15, -0.1) is 0 Å². The molecule has 0 saturated carbocycles. The summed E-state index contributed by atoms with van der Waals surface area (Å²) in [6.45, 7) is 3.71. The molecule has 5 rings (SSSR count). The van der Waals surface area contributed by atoms with E-state index in [9.17, 15) is 0 Å². The highest BCUT2D eigenvalue weighted by atomic mass is 32.2. The number of hydrogen-bond acceptors (Lipinski definition) is 2. The molecule has 0 aromatic heterocycles. The van der Waals surface area contributed by atoms with Crippen molar-refractivity contribution in [2.24, 2.45) is 0 Å². The lowest BCUT2D eigenvalue weighted by molar-refractivity contribution is 0.786. The molecule has 0 bridgehead atoms. The molecular formula is C22H20BNS. The molecule has 25 heavy (non-hydrogen) atoms. The maximum Gasteiger partial charge on any atom is 0.249 e. The quantitative estimate of drug-likeness (QED) is 0.520. The maximum atomic E-state index is 2.54. The van der Waals surface area contributed by atoms with Crippen LogP contribution >= 0.6 is 11.8 Å². The first-order valence-corrected chi connectivity index (χ1v) is 9.96. The Morgan fingerprint density at radius 2 is 1.52 bits per heavy atom. The minimum Gasteiger partial charge on any atom is -0.342 e. The van der Waals surface area contributed by atoms with Crippen LogP contribution in [0.3, 0.4) is 0 Å². The third-order valence-corrected chi connectivity index (χ3v) is 6.51. The molecule has 0 amide bonds. The molecule has 0 N–H and O–H groups in total. The van der Waals surface area contributed by atoms with Gasteiger partial charge in [0, 0.05) is 27.7 Å². The fraction of sp³-hybridized carbons (Fsp3) is 0.182. The first-order chi connectivity index (χ1) is 12.4. The average molecular weight is 341 g/mol. The highest BCUT2D eigenvalue weighted by molar-refractivity contribution is 8.00. The van der Waals surface area contributed by atoms with Gasteiger partial charge in [-0.2, -0.15) is 0 Å². The standard InChI is InChI=1S/C22H20BNS/c1-2-3-15-24-18-11-6-4-9-16(18)23-17-10-5-7-13-20(17)25-21-14-8-12-19(24)22(21)23/h4-14H,2-3,15H2,1H3. The lowest BCUT2D eigenvalue weighted by atomic mass is 9.35. The van der Waals surface area contributed by atoms with E-state index in [4.69, 9.17) is 0 Å². The normalized spacial score (nSPS) is 14.0. The molecule has 2 aliphatic heterocycles. The zero-order valence-corrected chi connectivity index (χ0v) is 15.2. The number of rotatable bonds is 3. The van der Waals surface area contributed by atoms with E-state index in [0.717, 1.165) is 6.54 Å². The van der Waals surface area contributed by atoms with Crippen molar-refractivity contribution in [1.82, 2.24) is 0 Å². The van der Waals surface area contributed by atoms with E-state index in [1.807, 2.05) is 11.8 Å². The second kappa shape index (κ2) is 6.00. The van der Waals surface area contributed by atoms with Crippen molar-refractivity contribution in [3.63, 3.8) is 0 Å². The van der Waals surface area contributed by atoms with Crippen molar-refractivity contribution in [3.8, 4) is 0 Å². The second-order valence-electron chi connectivity index (χ2n) is 6.83. The van der Waals surface area contributed by atoms with Gasteiger partial charge in [0.15, 0.2) is 0 Å². The molecule has 0 unspecified atom stereocenters. The molecule has 1 nitrogen and oxygen atoms in total. The minimum atomic E-state index is 0.359. The molecule has 3 aromatic carbocycles. The zero-order chi connectivity index (χ0) is 16.8. The van der Waals surface area contributed by atoms with E-state index >= 15 is 0 Å². The maximum absolute atomic E-state index is 2.54. The highest BCUT2D eigenvalue weighted by Crippen LogP contribution is 2.37. The fourth-order valence-electron chi connectivity index (χ4n) is 4.22. The Labute approximate surface area is 154 Å². The van der Waals surface area contributed by atoms with Crippen LogP contribution in [0.15, 0.2) is 76.5 Å². The number of hydrogen-bond donors (Lipinski definition) is 0. The Hall–Kier alpha value is -2.13. The fourth-order valence-corrected chi connectivity index (χ4v) is 5.39. The number of anilines is 2. The van der Waals surface area contributed by atoms with Crippen LogP contribution in [0.25, 0.3) is 0 Å². The summed E-state index contributed by atoms with van der Waals surface area (Å²) in [7, 11) is 0. The molecule has 3 heteroatoms. The van der Waals surface area contributed by atoms with E-state index in [-0.39, 0.29) is 0 Å². The van der Waals surface area contributed by atoms with Crippen LogP contribution in [0, 0.1) is 0 Å². The summed E-state index contributed by atoms with van der Waals surface area (Å²) < 4.78 is 0. The molecule has 2 heterocycles. The summed E-state index contributed by atoms with van der Waals surface area (Å²) in [6, 6.07) is 24.7. The number of fused-ring (bicyclic) bond motifs is 4. The number of nitrogens with zero attached hydrogens (tertiary/aromatic N) is 1. The molecule has 0 aliphatic carbocycles. The predicted molar refractivity (Wildman–Crippen MR) is 110 cm³/mol. The smallest absolute Gasteiger partial charge is 0.249 e. The first-order valence-electron chi connectivity index (χ1n) is 9.14. The monoisotopic (exact) mass is 341 g/mol. The van der Waals surface area contributed by atoms with Crippen molar-refractivity contribution in [1.29, 1.82) is 0 Å². The molecule has 3 aromatic rings. The van der Waals surface area contributed by atoms with Gasteiger partial charge in [-0.3, -0.25) is 0 Å². The van der Waals surface area contributed by atoms with Gasteiger partial charge in [-0.1, -0.05) is 73.0 Å². The van der Waals surface area contributed by atoms with Gasteiger partial charge in [0.05, 0.1) is 0 Å². The Morgan fingerprint density at radius 3 is 2.40 bits per heavy atom. The molecule has 0 spiro atoms. The van der Waals surface area contributed by atoms with E-state index in [1.54, 1.807) is 0 Å². The molecule has 0 radical (unpaired) electrons. The molecule has 0 fully saturated rings. The third-order valence-electron chi connectivity index (χ3n) is 5.35. The van der Waals surface area contributed by atoms with Crippen LogP contribution in [0.2, 0.25) is 0 Å². The van der Waals surface area contributed by atoms with E-state index in [1.165, 1.54) is 50.4 Å². The Bertz CT molecular complexity index is 952. The van der Waals surface area contributed by atoms with Crippen LogP contribution in [0.1, 0.15) is 19.8 Å². The number of unbranched alkanes of at least 4 members (excludes halogenated alkanes) is 1. The average Bonchev–Trinajstić information content (AvgIpc) is 2.67. The van der Waals surface area contributed by atoms with Crippen LogP contribution in [0.5, 0.6) is 0 Å². The second-order valence-corrected chi connectivity index (χ2v) is 7.91. The molecular weight excluding hydrogens is 321 g/mol. The molecule has 122 valence electrons. The number of benzene rings is 3. The van der Waals surface area contributed by atoms with E-state index in [0.29, 0.717) is 6.71 Å². The van der Waals surface area contributed by atoms with Crippen LogP contribution in [0.4, 0.5) is 11.4 Å². The van der Waals surface area contributed by atoms with Gasteiger partial charge in [0.2, 0.25) is 6.71 Å². The van der Waals surface area contributed by atoms with Crippen LogP contribution in [-0.2, 0) is 0 Å². The van der Waals surface area contributed by atoms with E-state index in [2.05, 4.69) is 78.6 Å². The lowest BCUT2D eigenvalue weighted by Gasteiger charge is -2.40. The minimum absolute atomic E-state index is 0.359. The third kappa shape index (κ3) is 2.26. The Kier molecular flexibility index (Phi) is 3.63. The van der Waals surface area contributed by atoms with Gasteiger partial charge < -0.3 is 4.90 Å². The van der Waals surface area contributed by atoms with E-state index < -0.39 is 0 Å². The van der Waals surface area contributed by atoms with Gasteiger partial charge >= 0.3 is 0 Å². The van der Waals surface area contributed by atoms with Crippen molar-refractivity contribution < 1.29 is 0 Å². The van der Waals surface area contributed by atoms with Gasteiger partial charge in [0.25, 0.3) is 0 Å². The summed E-state index contributed by atoms with van der Waals surface area (Å²) in [4.78, 5) is 5.36. The lowest BCUT2D eigenvalue weighted by Crippen LogP contribution is -2.60. The molecule has 2 aliphatic rings. The summed E-state index contributed by atoms with van der Waals surface area (Å²) >= 11 is 1.92. The topological polar surface area (TPSA) is 3.24 Å². The van der Waals surface area contributed by atoms with Crippen LogP contribution < -0.4 is 21.3 Å². The van der Waals surface area contributed by atoms with Crippen molar-refractivity contribution in [2.45, 2.75) is 29.6 Å². The van der Waals surface area contributed by atoms with Gasteiger partial charge in [0.1, 0.15) is 0 Å². The molecule has 0 atom stereocenters. The summed E-state index contributed by atoms with van der Waals surface area (Å²) in [5, 5.41) is 0. The Balaban J connectivity index is 1.79. The summed E-state index contributed by atoms with van der Waals surface area (Å²) in [5.74, 6) is 0. The van der Waals surface area contributed by atoms with Crippen LogP contribution in [-0.4, -0.2) is 13.3 Å².